The molecule has 0 unspecified atom stereocenters. The fourth-order valence-electron chi connectivity index (χ4n) is 0. The van der Waals surface area contributed by atoms with Crippen molar-refractivity contribution in [3.05, 3.63) is 25.3 Å². The summed E-state index contributed by atoms with van der Waals surface area (Å²) in [5.74, 6) is -0.981. The van der Waals surface area contributed by atoms with Crippen LogP contribution in [0.3, 0.4) is 0 Å². The van der Waals surface area contributed by atoms with Crippen LogP contribution in [0.15, 0.2) is 25.3 Å². The van der Waals surface area contributed by atoms with Crippen LogP contribution in [0.2, 0.25) is 0 Å². The molecular weight excluding hydrogens is 158 g/mol. The lowest BCUT2D eigenvalue weighted by Gasteiger charge is -1.64. The SMILES string of the molecule is C=CC#N.C=CC(=O)O.CCO. The van der Waals surface area contributed by atoms with Gasteiger partial charge in [0.1, 0.15) is 0 Å². The standard InChI is InChI=1S/C3H3N.C3H4O2.C2H6O/c1-2-3-4;1-2-3(4)5;1-2-3/h2H,1H2;2H,1H2,(H,4,5);3H,2H2,1H3. The molecule has 68 valence electrons. The van der Waals surface area contributed by atoms with Crippen LogP contribution in [0.25, 0.3) is 0 Å². The number of nitrogens with zero attached hydrogens (tertiary/aromatic N) is 1. The fraction of sp³-hybridized carbons (Fsp3) is 0.250. The minimum absolute atomic E-state index is 0.250. The zero-order valence-corrected chi connectivity index (χ0v) is 7.03. The smallest absolute Gasteiger partial charge is 0.327 e. The van der Waals surface area contributed by atoms with Gasteiger partial charge in [-0.2, -0.15) is 5.26 Å². The van der Waals surface area contributed by atoms with Crippen LogP contribution in [-0.2, 0) is 4.79 Å². The predicted molar refractivity (Wildman–Crippen MR) is 46.4 cm³/mol. The third kappa shape index (κ3) is 235. The molecule has 0 aromatic carbocycles. The van der Waals surface area contributed by atoms with E-state index in [1.54, 1.807) is 13.0 Å². The highest BCUT2D eigenvalue weighted by Gasteiger charge is 1.73. The molecule has 0 bridgehead atoms. The number of carbonyl (C=O) groups is 1. The number of aliphatic hydroxyl groups excluding tert-OH is 1. The van der Waals surface area contributed by atoms with Crippen molar-refractivity contribution in [2.24, 2.45) is 0 Å². The molecule has 0 aliphatic heterocycles. The number of hydrogen-bond donors (Lipinski definition) is 2. The van der Waals surface area contributed by atoms with Crippen molar-refractivity contribution in [3.63, 3.8) is 0 Å². The number of aliphatic hydroxyl groups is 1. The monoisotopic (exact) mass is 171 g/mol. The zero-order valence-electron chi connectivity index (χ0n) is 7.03. The first kappa shape index (κ1) is 16.8. The van der Waals surface area contributed by atoms with Crippen molar-refractivity contribution in [2.45, 2.75) is 6.92 Å². The summed E-state index contributed by atoms with van der Waals surface area (Å²) in [4.78, 5) is 9.25. The van der Waals surface area contributed by atoms with Gasteiger partial charge in [-0.05, 0) is 6.92 Å². The van der Waals surface area contributed by atoms with Gasteiger partial charge >= 0.3 is 5.97 Å². The van der Waals surface area contributed by atoms with Crippen LogP contribution < -0.4 is 0 Å². The summed E-state index contributed by atoms with van der Waals surface area (Å²) in [5.41, 5.74) is 0. The largest absolute Gasteiger partial charge is 0.478 e. The van der Waals surface area contributed by atoms with E-state index in [9.17, 15) is 4.79 Å². The molecule has 0 aliphatic carbocycles. The Morgan fingerprint density at radius 3 is 1.83 bits per heavy atom. The van der Waals surface area contributed by atoms with Gasteiger partial charge in [-0.3, -0.25) is 0 Å². The lowest BCUT2D eigenvalue weighted by atomic mass is 10.7. The van der Waals surface area contributed by atoms with Gasteiger partial charge in [0, 0.05) is 18.8 Å². The predicted octanol–water partition coefficient (Wildman–Crippen LogP) is 0.952. The Bertz CT molecular complexity index is 158. The van der Waals surface area contributed by atoms with Gasteiger partial charge in [-0.1, -0.05) is 13.2 Å². The topological polar surface area (TPSA) is 81.3 Å². The molecule has 0 aromatic heterocycles. The highest BCUT2D eigenvalue weighted by atomic mass is 16.4. The highest BCUT2D eigenvalue weighted by Crippen LogP contribution is 1.54. The lowest BCUT2D eigenvalue weighted by molar-refractivity contribution is -0.131. The Kier molecular flexibility index (Phi) is 31.8. The summed E-state index contributed by atoms with van der Waals surface area (Å²) in [7, 11) is 0. The van der Waals surface area contributed by atoms with E-state index in [0.29, 0.717) is 0 Å². The van der Waals surface area contributed by atoms with Crippen LogP contribution in [0.5, 0.6) is 0 Å². The number of carboxylic acids is 1. The molecule has 0 heterocycles. The second kappa shape index (κ2) is 22.7. The summed E-state index contributed by atoms with van der Waals surface area (Å²) in [6, 6.07) is 1.69. The number of carboxylic acid groups (broad SMARTS) is 1. The quantitative estimate of drug-likeness (QED) is 0.454. The van der Waals surface area contributed by atoms with Gasteiger partial charge in [-0.15, -0.1) is 0 Å². The van der Waals surface area contributed by atoms with E-state index >= 15 is 0 Å². The van der Waals surface area contributed by atoms with Crippen LogP contribution >= 0.6 is 0 Å². The van der Waals surface area contributed by atoms with Gasteiger partial charge in [0.25, 0.3) is 0 Å². The molecule has 0 spiro atoms. The van der Waals surface area contributed by atoms with Crippen LogP contribution in [-0.4, -0.2) is 22.8 Å². The Morgan fingerprint density at radius 2 is 1.83 bits per heavy atom. The average molecular weight is 171 g/mol. The third-order valence-electron chi connectivity index (χ3n) is 0.266. The van der Waals surface area contributed by atoms with Crippen LogP contribution in [0.4, 0.5) is 0 Å². The molecule has 0 radical (unpaired) electrons. The maximum Gasteiger partial charge on any atom is 0.327 e. The Hall–Kier alpha value is -1.60. The molecular formula is C8H13NO3. The van der Waals surface area contributed by atoms with Crippen molar-refractivity contribution in [2.75, 3.05) is 6.61 Å². The minimum Gasteiger partial charge on any atom is -0.478 e. The Labute approximate surface area is 72.1 Å². The van der Waals surface area contributed by atoms with E-state index in [-0.39, 0.29) is 6.61 Å². The molecule has 0 saturated heterocycles. The van der Waals surface area contributed by atoms with E-state index in [4.69, 9.17) is 15.5 Å². The van der Waals surface area contributed by atoms with E-state index in [2.05, 4.69) is 13.2 Å². The van der Waals surface area contributed by atoms with Gasteiger partial charge in [0.15, 0.2) is 0 Å². The second-order valence-corrected chi connectivity index (χ2v) is 1.19. The maximum atomic E-state index is 9.25. The van der Waals surface area contributed by atoms with Crippen molar-refractivity contribution < 1.29 is 15.0 Å². The molecule has 4 heteroatoms. The van der Waals surface area contributed by atoms with Gasteiger partial charge in [-0.25, -0.2) is 4.79 Å². The lowest BCUT2D eigenvalue weighted by Crippen LogP contribution is -1.82. The van der Waals surface area contributed by atoms with Gasteiger partial charge in [0.05, 0.1) is 6.07 Å². The number of allylic oxidation sites excluding steroid dienone is 1. The summed E-state index contributed by atoms with van der Waals surface area (Å²) < 4.78 is 0. The summed E-state index contributed by atoms with van der Waals surface area (Å²) in [6.07, 6.45) is 2.01. The molecule has 4 nitrogen and oxygen atoms in total. The van der Waals surface area contributed by atoms with Gasteiger partial charge in [0.2, 0.25) is 0 Å². The average Bonchev–Trinajstić information content (AvgIpc) is 2.06. The van der Waals surface area contributed by atoms with E-state index in [1.165, 1.54) is 6.08 Å². The second-order valence-electron chi connectivity index (χ2n) is 1.19. The molecule has 12 heavy (non-hydrogen) atoms. The molecule has 0 fully saturated rings. The van der Waals surface area contributed by atoms with Crippen molar-refractivity contribution in [1.82, 2.24) is 0 Å². The summed E-state index contributed by atoms with van der Waals surface area (Å²) >= 11 is 0. The summed E-state index contributed by atoms with van der Waals surface area (Å²) in [6.45, 7) is 8.01. The van der Waals surface area contributed by atoms with Crippen molar-refractivity contribution >= 4 is 5.97 Å². The first-order valence-electron chi connectivity index (χ1n) is 3.07. The normalized spacial score (nSPS) is 5.42. The Morgan fingerprint density at radius 1 is 1.67 bits per heavy atom. The van der Waals surface area contributed by atoms with E-state index in [0.717, 1.165) is 6.08 Å². The number of aliphatic carboxylic acids is 1. The first-order valence-corrected chi connectivity index (χ1v) is 3.07. The van der Waals surface area contributed by atoms with Crippen LogP contribution in [0.1, 0.15) is 6.92 Å². The number of rotatable bonds is 1. The Balaban J connectivity index is -0.000000105. The molecule has 0 rings (SSSR count). The van der Waals surface area contributed by atoms with Crippen molar-refractivity contribution in [1.29, 1.82) is 5.26 Å². The first-order chi connectivity index (χ1) is 5.60. The van der Waals surface area contributed by atoms with E-state index < -0.39 is 5.97 Å². The highest BCUT2D eigenvalue weighted by molar-refractivity contribution is 5.78. The third-order valence-corrected chi connectivity index (χ3v) is 0.266. The number of nitriles is 1. The minimum atomic E-state index is -0.981. The molecule has 0 atom stereocenters. The fourth-order valence-corrected chi connectivity index (χ4v) is 0. The van der Waals surface area contributed by atoms with Crippen LogP contribution in [0, 0.1) is 11.3 Å². The summed E-state index contributed by atoms with van der Waals surface area (Å²) in [5, 5.41) is 22.7. The zero-order chi connectivity index (χ0) is 10.4. The molecule has 0 aliphatic rings. The molecule has 0 amide bonds. The van der Waals surface area contributed by atoms with Crippen molar-refractivity contribution in [3.8, 4) is 6.07 Å². The molecule has 0 saturated carbocycles. The van der Waals surface area contributed by atoms with Gasteiger partial charge < -0.3 is 10.2 Å². The maximum absolute atomic E-state index is 9.25. The molecule has 0 aromatic rings. The van der Waals surface area contributed by atoms with E-state index in [1.807, 2.05) is 0 Å². The molecule has 2 N–H and O–H groups in total. The number of hydrogen-bond acceptors (Lipinski definition) is 3.